The van der Waals surface area contributed by atoms with Crippen LogP contribution in [0.1, 0.15) is 43.9 Å². The topological polar surface area (TPSA) is 86.8 Å². The molecule has 0 bridgehead atoms. The number of aryl methyl sites for hydroxylation is 2. The van der Waals surface area contributed by atoms with Gasteiger partial charge in [0, 0.05) is 33.2 Å². The summed E-state index contributed by atoms with van der Waals surface area (Å²) in [5.41, 5.74) is 2.58. The van der Waals surface area contributed by atoms with Crippen molar-refractivity contribution in [2.75, 3.05) is 10.8 Å². The molecule has 0 aliphatic carbocycles. The largest absolute Gasteiger partial charge is 0.352 e. The molecule has 0 spiro atoms. The molecule has 0 saturated heterocycles. The third-order valence-electron chi connectivity index (χ3n) is 7.02. The van der Waals surface area contributed by atoms with Gasteiger partial charge in [-0.25, -0.2) is 8.42 Å². The van der Waals surface area contributed by atoms with E-state index in [4.69, 9.17) is 34.8 Å². The van der Waals surface area contributed by atoms with E-state index in [0.717, 1.165) is 15.4 Å². The molecule has 2 amide bonds. The molecule has 0 aliphatic heterocycles. The van der Waals surface area contributed by atoms with E-state index in [0.29, 0.717) is 32.7 Å². The van der Waals surface area contributed by atoms with Crippen molar-refractivity contribution in [1.82, 2.24) is 10.2 Å². The lowest BCUT2D eigenvalue weighted by Crippen LogP contribution is -2.52. The number of nitrogens with zero attached hydrogens (tertiary/aromatic N) is 2. The van der Waals surface area contributed by atoms with E-state index in [2.05, 4.69) is 5.32 Å². The molecule has 220 valence electrons. The van der Waals surface area contributed by atoms with Crippen LogP contribution in [0.15, 0.2) is 65.6 Å². The molecular formula is C30H34Cl3N3O4S. The number of carbonyl (C=O) groups is 2. The number of halogens is 3. The minimum Gasteiger partial charge on any atom is -0.352 e. The highest BCUT2D eigenvalue weighted by molar-refractivity contribution is 7.92. The number of sulfonamides is 1. The molecule has 0 unspecified atom stereocenters. The molecule has 0 fully saturated rings. The maximum Gasteiger partial charge on any atom is 0.264 e. The zero-order valence-corrected chi connectivity index (χ0v) is 26.7. The number of anilines is 1. The normalized spacial score (nSPS) is 12.9. The molecule has 7 nitrogen and oxygen atoms in total. The number of rotatable bonds is 11. The lowest BCUT2D eigenvalue weighted by molar-refractivity contribution is -0.139. The zero-order chi connectivity index (χ0) is 30.5. The molecule has 1 N–H and O–H groups in total. The van der Waals surface area contributed by atoms with Crippen molar-refractivity contribution in [2.45, 2.75) is 64.6 Å². The maximum absolute atomic E-state index is 14.1. The average Bonchev–Trinajstić information content (AvgIpc) is 2.92. The Bertz CT molecular complexity index is 1490. The maximum atomic E-state index is 14.1. The molecule has 0 aromatic heterocycles. The lowest BCUT2D eigenvalue weighted by Gasteiger charge is -2.33. The van der Waals surface area contributed by atoms with Crippen molar-refractivity contribution in [3.8, 4) is 0 Å². The van der Waals surface area contributed by atoms with Crippen LogP contribution in [0, 0.1) is 13.8 Å². The van der Waals surface area contributed by atoms with Gasteiger partial charge in [0.1, 0.15) is 12.6 Å². The lowest BCUT2D eigenvalue weighted by atomic mass is 10.1. The Kier molecular flexibility index (Phi) is 11.1. The summed E-state index contributed by atoms with van der Waals surface area (Å²) >= 11 is 18.9. The van der Waals surface area contributed by atoms with Gasteiger partial charge in [0.15, 0.2) is 0 Å². The molecule has 3 rings (SSSR count). The number of nitrogens with one attached hydrogen (secondary N) is 1. The van der Waals surface area contributed by atoms with Crippen LogP contribution in [0.2, 0.25) is 15.1 Å². The third-order valence-corrected chi connectivity index (χ3v) is 9.77. The van der Waals surface area contributed by atoms with Crippen molar-refractivity contribution in [2.24, 2.45) is 0 Å². The SMILES string of the molecule is CC[C@H](C)NC(=O)[C@@H](C)N(Cc1c(Cl)cccc1Cl)C(=O)CN(c1ccc(C)c(C)c1)S(=O)(=O)c1ccc(Cl)cc1. The van der Waals surface area contributed by atoms with Gasteiger partial charge in [-0.15, -0.1) is 0 Å². The van der Waals surface area contributed by atoms with Gasteiger partial charge in [-0.1, -0.05) is 53.9 Å². The quantitative estimate of drug-likeness (QED) is 0.251. The zero-order valence-electron chi connectivity index (χ0n) is 23.6. The number of benzene rings is 3. The summed E-state index contributed by atoms with van der Waals surface area (Å²) in [6.07, 6.45) is 0.697. The van der Waals surface area contributed by atoms with Crippen molar-refractivity contribution >= 4 is 62.3 Å². The Morgan fingerprint density at radius 3 is 2.07 bits per heavy atom. The first kappa shape index (κ1) is 32.7. The molecule has 0 aliphatic rings. The van der Waals surface area contributed by atoms with Gasteiger partial charge in [-0.2, -0.15) is 0 Å². The first-order valence-electron chi connectivity index (χ1n) is 13.1. The van der Waals surface area contributed by atoms with Crippen molar-refractivity contribution in [3.05, 3.63) is 92.4 Å². The molecular weight excluding hydrogens is 605 g/mol. The van der Waals surface area contributed by atoms with Gasteiger partial charge in [0.25, 0.3) is 10.0 Å². The summed E-state index contributed by atoms with van der Waals surface area (Å²) in [6.45, 7) is 8.49. The Balaban J connectivity index is 2.09. The summed E-state index contributed by atoms with van der Waals surface area (Å²) in [7, 11) is -4.21. The van der Waals surface area contributed by atoms with Crippen LogP contribution in [0.3, 0.4) is 0 Å². The summed E-state index contributed by atoms with van der Waals surface area (Å²) in [5, 5.41) is 3.92. The van der Waals surface area contributed by atoms with E-state index < -0.39 is 28.5 Å². The first-order chi connectivity index (χ1) is 19.3. The predicted octanol–water partition coefficient (Wildman–Crippen LogP) is 6.79. The Labute approximate surface area is 257 Å². The molecule has 41 heavy (non-hydrogen) atoms. The van der Waals surface area contributed by atoms with E-state index >= 15 is 0 Å². The second kappa shape index (κ2) is 13.9. The van der Waals surface area contributed by atoms with E-state index in [-0.39, 0.29) is 23.4 Å². The molecule has 11 heteroatoms. The number of amides is 2. The van der Waals surface area contributed by atoms with Gasteiger partial charge in [-0.05, 0) is 93.8 Å². The van der Waals surface area contributed by atoms with E-state index in [1.165, 1.54) is 29.2 Å². The second-order valence-corrected chi connectivity index (χ2v) is 13.1. The van der Waals surface area contributed by atoms with Crippen LogP contribution in [0.5, 0.6) is 0 Å². The average molecular weight is 639 g/mol. The van der Waals surface area contributed by atoms with Crippen molar-refractivity contribution in [3.63, 3.8) is 0 Å². The first-order valence-corrected chi connectivity index (χ1v) is 15.7. The van der Waals surface area contributed by atoms with E-state index in [9.17, 15) is 18.0 Å². The van der Waals surface area contributed by atoms with Crippen LogP contribution in [-0.4, -0.2) is 43.8 Å². The van der Waals surface area contributed by atoms with Gasteiger partial charge in [0.2, 0.25) is 11.8 Å². The van der Waals surface area contributed by atoms with Crippen molar-refractivity contribution < 1.29 is 18.0 Å². The van der Waals surface area contributed by atoms with Gasteiger partial charge >= 0.3 is 0 Å². The Morgan fingerprint density at radius 1 is 0.902 bits per heavy atom. The minimum absolute atomic E-state index is 0.0313. The fourth-order valence-electron chi connectivity index (χ4n) is 4.05. The van der Waals surface area contributed by atoms with Crippen molar-refractivity contribution in [1.29, 1.82) is 0 Å². The van der Waals surface area contributed by atoms with Crippen LogP contribution in [0.25, 0.3) is 0 Å². The fraction of sp³-hybridized carbons (Fsp3) is 0.333. The molecule has 3 aromatic rings. The molecule has 3 aromatic carbocycles. The highest BCUT2D eigenvalue weighted by Gasteiger charge is 2.33. The fourth-order valence-corrected chi connectivity index (χ4v) is 6.09. The van der Waals surface area contributed by atoms with Crippen LogP contribution >= 0.6 is 34.8 Å². The Morgan fingerprint density at radius 2 is 1.51 bits per heavy atom. The van der Waals surface area contributed by atoms with E-state index in [1.54, 1.807) is 43.3 Å². The summed E-state index contributed by atoms with van der Waals surface area (Å²) in [6, 6.07) is 14.8. The van der Waals surface area contributed by atoms with Crippen LogP contribution in [-0.2, 0) is 26.2 Å². The summed E-state index contributed by atoms with van der Waals surface area (Å²) in [5.74, 6) is -0.988. The smallest absolute Gasteiger partial charge is 0.264 e. The van der Waals surface area contributed by atoms with E-state index in [1.807, 2.05) is 27.7 Å². The standard InChI is InChI=1S/C30H34Cl3N3O4S/c1-6-21(4)34-30(38)22(5)35(17-26-27(32)8-7-9-28(26)33)29(37)18-36(24-13-10-19(2)20(3)16-24)41(39,40)25-14-11-23(31)12-15-25/h7-16,21-22H,6,17-18H2,1-5H3,(H,34,38)/t21-,22+/m0/s1. The monoisotopic (exact) mass is 637 g/mol. The molecule has 0 saturated carbocycles. The predicted molar refractivity (Wildman–Crippen MR) is 166 cm³/mol. The molecule has 0 radical (unpaired) electrons. The van der Waals surface area contributed by atoms with Gasteiger partial charge in [-0.3, -0.25) is 13.9 Å². The second-order valence-electron chi connectivity index (χ2n) is 9.95. The third kappa shape index (κ3) is 7.95. The summed E-state index contributed by atoms with van der Waals surface area (Å²) < 4.78 is 28.9. The minimum atomic E-state index is -4.21. The number of hydrogen-bond donors (Lipinski definition) is 1. The highest BCUT2D eigenvalue weighted by atomic mass is 35.5. The Hall–Kier alpha value is -2.78. The molecule has 2 atom stereocenters. The molecule has 0 heterocycles. The summed E-state index contributed by atoms with van der Waals surface area (Å²) in [4.78, 5) is 28.5. The van der Waals surface area contributed by atoms with Gasteiger partial charge < -0.3 is 10.2 Å². The van der Waals surface area contributed by atoms with Gasteiger partial charge in [0.05, 0.1) is 10.6 Å². The number of carbonyl (C=O) groups excluding carboxylic acids is 2. The van der Waals surface area contributed by atoms with Crippen LogP contribution < -0.4 is 9.62 Å². The number of hydrogen-bond acceptors (Lipinski definition) is 4. The highest BCUT2D eigenvalue weighted by Crippen LogP contribution is 2.29. The van der Waals surface area contributed by atoms with Crippen LogP contribution in [0.4, 0.5) is 5.69 Å².